The molecular formula is C26H25BrN2O2. The summed E-state index contributed by atoms with van der Waals surface area (Å²) in [6.07, 6.45) is 0.559. The SMILES string of the molecule is COc1cccc(C2=NN3[C@@H](c4ccc(C(C)C)cc4)Oc4ccc(Br)cc4[C@@H]3C2)c1. The first-order valence-corrected chi connectivity index (χ1v) is 11.4. The van der Waals surface area contributed by atoms with Gasteiger partial charge in [0.1, 0.15) is 11.5 Å². The van der Waals surface area contributed by atoms with E-state index in [0.717, 1.165) is 44.8 Å². The van der Waals surface area contributed by atoms with Crippen LogP contribution in [-0.2, 0) is 0 Å². The van der Waals surface area contributed by atoms with Gasteiger partial charge in [0.25, 0.3) is 0 Å². The van der Waals surface area contributed by atoms with Gasteiger partial charge in [-0.15, -0.1) is 0 Å². The fraction of sp³-hybridized carbons (Fsp3) is 0.269. The van der Waals surface area contributed by atoms with Crippen molar-refractivity contribution in [2.24, 2.45) is 5.10 Å². The maximum atomic E-state index is 6.49. The van der Waals surface area contributed by atoms with Gasteiger partial charge < -0.3 is 9.47 Å². The van der Waals surface area contributed by atoms with Crippen molar-refractivity contribution in [3.05, 3.63) is 93.5 Å². The summed E-state index contributed by atoms with van der Waals surface area (Å²) in [4.78, 5) is 0. The van der Waals surface area contributed by atoms with Crippen molar-refractivity contribution in [2.75, 3.05) is 7.11 Å². The van der Waals surface area contributed by atoms with Crippen LogP contribution in [0.4, 0.5) is 0 Å². The number of nitrogens with zero attached hydrogens (tertiary/aromatic N) is 2. The largest absolute Gasteiger partial charge is 0.497 e. The summed E-state index contributed by atoms with van der Waals surface area (Å²) >= 11 is 3.62. The first-order chi connectivity index (χ1) is 15.0. The normalized spacial score (nSPS) is 19.5. The Morgan fingerprint density at radius 1 is 1.06 bits per heavy atom. The van der Waals surface area contributed by atoms with Gasteiger partial charge in [0.2, 0.25) is 6.23 Å². The predicted molar refractivity (Wildman–Crippen MR) is 127 cm³/mol. The zero-order valence-electron chi connectivity index (χ0n) is 17.9. The van der Waals surface area contributed by atoms with E-state index in [1.165, 1.54) is 5.56 Å². The van der Waals surface area contributed by atoms with Crippen molar-refractivity contribution in [1.82, 2.24) is 5.01 Å². The van der Waals surface area contributed by atoms with Crippen LogP contribution in [-0.4, -0.2) is 17.8 Å². The highest BCUT2D eigenvalue weighted by atomic mass is 79.9. The van der Waals surface area contributed by atoms with Gasteiger partial charge in [-0.25, -0.2) is 5.01 Å². The monoisotopic (exact) mass is 476 g/mol. The molecule has 5 rings (SSSR count). The second-order valence-electron chi connectivity index (χ2n) is 8.35. The van der Waals surface area contributed by atoms with Gasteiger partial charge in [0.05, 0.1) is 18.9 Å². The van der Waals surface area contributed by atoms with E-state index in [4.69, 9.17) is 14.6 Å². The Kier molecular flexibility index (Phi) is 5.22. The number of hydrogen-bond acceptors (Lipinski definition) is 4. The summed E-state index contributed by atoms with van der Waals surface area (Å²) in [6, 6.07) is 23.2. The Labute approximate surface area is 191 Å². The van der Waals surface area contributed by atoms with Crippen molar-refractivity contribution in [2.45, 2.75) is 38.5 Å². The summed E-state index contributed by atoms with van der Waals surface area (Å²) in [5, 5.41) is 7.17. The van der Waals surface area contributed by atoms with E-state index >= 15 is 0 Å². The topological polar surface area (TPSA) is 34.1 Å². The third-order valence-electron chi connectivity index (χ3n) is 6.04. The number of rotatable bonds is 4. The van der Waals surface area contributed by atoms with Crippen LogP contribution in [0.15, 0.2) is 76.3 Å². The molecule has 2 aliphatic rings. The molecule has 2 aliphatic heterocycles. The highest BCUT2D eigenvalue weighted by Crippen LogP contribution is 2.48. The van der Waals surface area contributed by atoms with Crippen molar-refractivity contribution in [3.8, 4) is 11.5 Å². The Balaban J connectivity index is 1.57. The number of ether oxygens (including phenoxy) is 2. The summed E-state index contributed by atoms with van der Waals surface area (Å²) in [5.41, 5.74) is 5.72. The molecule has 0 amide bonds. The molecule has 5 heteroatoms. The van der Waals surface area contributed by atoms with Crippen LogP contribution < -0.4 is 9.47 Å². The first-order valence-electron chi connectivity index (χ1n) is 10.6. The molecule has 0 aromatic heterocycles. The molecule has 0 N–H and O–H groups in total. The minimum Gasteiger partial charge on any atom is -0.497 e. The van der Waals surface area contributed by atoms with Gasteiger partial charge in [-0.05, 0) is 41.8 Å². The van der Waals surface area contributed by atoms with E-state index in [-0.39, 0.29) is 12.3 Å². The predicted octanol–water partition coefficient (Wildman–Crippen LogP) is 6.82. The Hall–Kier alpha value is -2.79. The maximum Gasteiger partial charge on any atom is 0.213 e. The molecule has 0 bridgehead atoms. The molecule has 0 spiro atoms. The lowest BCUT2D eigenvalue weighted by Gasteiger charge is -2.38. The molecule has 2 atom stereocenters. The van der Waals surface area contributed by atoms with Crippen LogP contribution in [0.25, 0.3) is 0 Å². The number of hydrazone groups is 1. The van der Waals surface area contributed by atoms with Crippen LogP contribution in [0, 0.1) is 0 Å². The standard InChI is InChI=1S/C26H25BrN2O2/c1-16(2)17-7-9-18(10-8-17)26-29-24(22-14-20(27)11-12-25(22)31-26)15-23(28-29)19-5-4-6-21(13-19)30-3/h4-14,16,24,26H,15H2,1-3H3/t24-,26+/m0/s1. The quantitative estimate of drug-likeness (QED) is 0.413. The summed E-state index contributed by atoms with van der Waals surface area (Å²) in [5.74, 6) is 2.26. The van der Waals surface area contributed by atoms with E-state index in [1.807, 2.05) is 24.3 Å². The second-order valence-corrected chi connectivity index (χ2v) is 9.27. The molecule has 4 nitrogen and oxygen atoms in total. The van der Waals surface area contributed by atoms with Crippen molar-refractivity contribution < 1.29 is 9.47 Å². The average molecular weight is 477 g/mol. The lowest BCUT2D eigenvalue weighted by Crippen LogP contribution is -2.33. The van der Waals surface area contributed by atoms with E-state index in [1.54, 1.807) is 7.11 Å². The minimum atomic E-state index is -0.261. The lowest BCUT2D eigenvalue weighted by atomic mass is 9.95. The van der Waals surface area contributed by atoms with Crippen LogP contribution in [0.5, 0.6) is 11.5 Å². The number of methoxy groups -OCH3 is 1. The van der Waals surface area contributed by atoms with Crippen LogP contribution in [0.2, 0.25) is 0 Å². The third-order valence-corrected chi connectivity index (χ3v) is 6.54. The van der Waals surface area contributed by atoms with Gasteiger partial charge in [0, 0.05) is 27.6 Å². The summed E-state index contributed by atoms with van der Waals surface area (Å²) in [7, 11) is 1.69. The molecule has 0 radical (unpaired) electrons. The molecule has 158 valence electrons. The molecule has 0 saturated carbocycles. The highest BCUT2D eigenvalue weighted by molar-refractivity contribution is 9.10. The summed E-state index contributed by atoms with van der Waals surface area (Å²) < 4.78 is 13.0. The fourth-order valence-electron chi connectivity index (χ4n) is 4.30. The average Bonchev–Trinajstić information content (AvgIpc) is 3.25. The van der Waals surface area contributed by atoms with Gasteiger partial charge in [0.15, 0.2) is 0 Å². The minimum absolute atomic E-state index is 0.122. The zero-order chi connectivity index (χ0) is 21.5. The molecule has 0 saturated heterocycles. The van der Waals surface area contributed by atoms with E-state index < -0.39 is 0 Å². The molecular weight excluding hydrogens is 452 g/mol. The Morgan fingerprint density at radius 2 is 1.87 bits per heavy atom. The lowest BCUT2D eigenvalue weighted by molar-refractivity contribution is -0.0190. The fourth-order valence-corrected chi connectivity index (χ4v) is 4.68. The number of fused-ring (bicyclic) bond motifs is 3. The molecule has 0 aliphatic carbocycles. The third kappa shape index (κ3) is 3.72. The Morgan fingerprint density at radius 3 is 2.61 bits per heavy atom. The number of hydrogen-bond donors (Lipinski definition) is 0. The molecule has 0 fully saturated rings. The number of benzene rings is 3. The maximum absolute atomic E-state index is 6.49. The molecule has 3 aromatic rings. The van der Waals surface area contributed by atoms with Crippen LogP contribution in [0.1, 0.15) is 60.7 Å². The molecule has 31 heavy (non-hydrogen) atoms. The number of halogens is 1. The van der Waals surface area contributed by atoms with Gasteiger partial charge in [-0.3, -0.25) is 0 Å². The Bertz CT molecular complexity index is 1140. The van der Waals surface area contributed by atoms with E-state index in [2.05, 4.69) is 77.3 Å². The van der Waals surface area contributed by atoms with Crippen LogP contribution >= 0.6 is 15.9 Å². The molecule has 2 heterocycles. The first kappa shape index (κ1) is 20.1. The van der Waals surface area contributed by atoms with E-state index in [0.29, 0.717) is 5.92 Å². The van der Waals surface area contributed by atoms with Crippen LogP contribution in [0.3, 0.4) is 0 Å². The van der Waals surface area contributed by atoms with E-state index in [9.17, 15) is 0 Å². The van der Waals surface area contributed by atoms with Crippen molar-refractivity contribution >= 4 is 21.6 Å². The molecule has 3 aromatic carbocycles. The van der Waals surface area contributed by atoms with Gasteiger partial charge >= 0.3 is 0 Å². The second kappa shape index (κ2) is 8.04. The van der Waals surface area contributed by atoms with Crippen molar-refractivity contribution in [3.63, 3.8) is 0 Å². The van der Waals surface area contributed by atoms with Gasteiger partial charge in [-0.1, -0.05) is 66.2 Å². The highest BCUT2D eigenvalue weighted by Gasteiger charge is 2.41. The van der Waals surface area contributed by atoms with Gasteiger partial charge in [-0.2, -0.15) is 5.10 Å². The molecule has 0 unspecified atom stereocenters. The zero-order valence-corrected chi connectivity index (χ0v) is 19.5. The van der Waals surface area contributed by atoms with Crippen molar-refractivity contribution in [1.29, 1.82) is 0 Å². The smallest absolute Gasteiger partial charge is 0.213 e. The summed E-state index contributed by atoms with van der Waals surface area (Å²) in [6.45, 7) is 4.42.